The van der Waals surface area contributed by atoms with Gasteiger partial charge in [-0.25, -0.2) is 0 Å². The highest BCUT2D eigenvalue weighted by Crippen LogP contribution is 2.06. The molecule has 0 spiro atoms. The van der Waals surface area contributed by atoms with Crippen LogP contribution in [0.2, 0.25) is 0 Å². The number of hydrogen-bond donors (Lipinski definition) is 1. The van der Waals surface area contributed by atoms with Crippen molar-refractivity contribution in [1.82, 2.24) is 0 Å². The monoisotopic (exact) mass is 284 g/mol. The molecule has 18 heavy (non-hydrogen) atoms. The summed E-state index contributed by atoms with van der Waals surface area (Å²) in [6.45, 7) is 3.91. The molecule has 0 aromatic heterocycles. The Morgan fingerprint density at radius 3 is 1.89 bits per heavy atom. The highest BCUT2D eigenvalue weighted by molar-refractivity contribution is 7.85. The van der Waals surface area contributed by atoms with Gasteiger partial charge in [-0.1, -0.05) is 0 Å². The van der Waals surface area contributed by atoms with Crippen molar-refractivity contribution in [3.63, 3.8) is 0 Å². The van der Waals surface area contributed by atoms with E-state index in [1.54, 1.807) is 14.2 Å². The molecule has 0 unspecified atom stereocenters. The molecule has 0 saturated carbocycles. The zero-order valence-corrected chi connectivity index (χ0v) is 12.4. The summed E-state index contributed by atoms with van der Waals surface area (Å²) in [4.78, 5) is 0. The average Bonchev–Trinajstić information content (AvgIpc) is 2.29. The molecule has 0 rings (SSSR count). The fraction of sp³-hybridized carbons (Fsp3) is 1.00. The Morgan fingerprint density at radius 1 is 1.00 bits per heavy atom. The van der Waals surface area contributed by atoms with Crippen LogP contribution in [-0.2, 0) is 19.6 Å². The Hall–Kier alpha value is -0.210. The maximum absolute atomic E-state index is 10.6. The number of quaternary nitrogens is 1. The maximum Gasteiger partial charge on any atom is 0.264 e. The van der Waals surface area contributed by atoms with Crippen LogP contribution in [0.3, 0.4) is 0 Å². The van der Waals surface area contributed by atoms with Crippen LogP contribution in [0.4, 0.5) is 0 Å². The van der Waals surface area contributed by atoms with Gasteiger partial charge in [-0.05, 0) is 12.8 Å². The first kappa shape index (κ1) is 17.8. The summed E-state index contributed by atoms with van der Waals surface area (Å²) in [6, 6.07) is 0. The first-order valence-corrected chi connectivity index (χ1v) is 7.70. The summed E-state index contributed by atoms with van der Waals surface area (Å²) in [5, 5.41) is 0. The molecule has 0 heterocycles. The molecule has 0 bridgehead atoms. The van der Waals surface area contributed by atoms with Crippen LogP contribution in [-0.4, -0.2) is 77.3 Å². The van der Waals surface area contributed by atoms with Gasteiger partial charge in [-0.2, -0.15) is 8.42 Å². The van der Waals surface area contributed by atoms with Crippen molar-refractivity contribution in [1.29, 1.82) is 0 Å². The van der Waals surface area contributed by atoms with Gasteiger partial charge in [0.05, 0.1) is 32.6 Å². The Morgan fingerprint density at radius 2 is 1.50 bits per heavy atom. The lowest BCUT2D eigenvalue weighted by molar-refractivity contribution is -0.910. The SMILES string of the molecule is COCC[N+](C)(CCCCS(=O)(=O)O)CCOC. The van der Waals surface area contributed by atoms with E-state index in [0.717, 1.165) is 30.5 Å². The molecule has 0 aromatic rings. The molecule has 1 N–H and O–H groups in total. The third kappa shape index (κ3) is 9.78. The average molecular weight is 284 g/mol. The van der Waals surface area contributed by atoms with Crippen molar-refractivity contribution in [2.45, 2.75) is 12.8 Å². The minimum atomic E-state index is -3.83. The molecule has 0 aliphatic rings. The third-order valence-corrected chi connectivity index (χ3v) is 3.83. The van der Waals surface area contributed by atoms with Gasteiger partial charge in [-0.15, -0.1) is 0 Å². The predicted octanol–water partition coefficient (Wildman–Crippen LogP) is 0.394. The summed E-state index contributed by atoms with van der Waals surface area (Å²) in [7, 11) is 1.60. The predicted molar refractivity (Wildman–Crippen MR) is 70.2 cm³/mol. The van der Waals surface area contributed by atoms with Gasteiger partial charge in [0.25, 0.3) is 10.1 Å². The minimum absolute atomic E-state index is 0.165. The number of unbranched alkanes of at least 4 members (excludes halogenated alkanes) is 1. The molecule has 0 radical (unpaired) electrons. The summed E-state index contributed by atoms with van der Waals surface area (Å²) in [5.41, 5.74) is 0. The minimum Gasteiger partial charge on any atom is -0.379 e. The number of likely N-dealkylation sites (N-methyl/N-ethyl adjacent to an activating group) is 1. The van der Waals surface area contributed by atoms with Crippen LogP contribution in [0.25, 0.3) is 0 Å². The molecule has 110 valence electrons. The van der Waals surface area contributed by atoms with Crippen molar-refractivity contribution in [3.8, 4) is 0 Å². The quantitative estimate of drug-likeness (QED) is 0.338. The van der Waals surface area contributed by atoms with E-state index in [0.29, 0.717) is 19.6 Å². The number of methoxy groups -OCH3 is 2. The zero-order chi connectivity index (χ0) is 14.1. The van der Waals surface area contributed by atoms with E-state index >= 15 is 0 Å². The van der Waals surface area contributed by atoms with Crippen LogP contribution in [0.5, 0.6) is 0 Å². The topological polar surface area (TPSA) is 72.8 Å². The van der Waals surface area contributed by atoms with Gasteiger partial charge in [0.1, 0.15) is 13.1 Å². The lowest BCUT2D eigenvalue weighted by atomic mass is 10.2. The molecule has 0 saturated heterocycles. The van der Waals surface area contributed by atoms with Crippen molar-refractivity contribution in [2.75, 3.05) is 59.9 Å². The first-order chi connectivity index (χ1) is 8.33. The van der Waals surface area contributed by atoms with Gasteiger partial charge in [-0.3, -0.25) is 4.55 Å². The number of nitrogens with zero attached hydrogens (tertiary/aromatic N) is 1. The molecular formula is C11H26NO5S+. The van der Waals surface area contributed by atoms with Gasteiger partial charge in [0.15, 0.2) is 0 Å². The van der Waals surface area contributed by atoms with Crippen LogP contribution in [0.15, 0.2) is 0 Å². The van der Waals surface area contributed by atoms with Crippen molar-refractivity contribution >= 4 is 10.1 Å². The second kappa shape index (κ2) is 8.82. The van der Waals surface area contributed by atoms with Gasteiger partial charge in [0, 0.05) is 14.2 Å². The third-order valence-electron chi connectivity index (χ3n) is 3.02. The number of ether oxygens (including phenoxy) is 2. The smallest absolute Gasteiger partial charge is 0.264 e. The summed E-state index contributed by atoms with van der Waals surface area (Å²) in [5.74, 6) is -0.165. The Balaban J connectivity index is 4.06. The molecule has 0 fully saturated rings. The lowest BCUT2D eigenvalue weighted by Gasteiger charge is -2.34. The summed E-state index contributed by atoms with van der Waals surface area (Å²) < 4.78 is 40.8. The standard InChI is InChI=1S/C11H25NO5S/c1-12(7-9-16-2,8-10-17-3)6-4-5-11-18(13,14)15/h4-11H2,1-3H3/p+1. The normalized spacial score (nSPS) is 12.9. The van der Waals surface area contributed by atoms with Crippen LogP contribution >= 0.6 is 0 Å². The highest BCUT2D eigenvalue weighted by atomic mass is 32.2. The first-order valence-electron chi connectivity index (χ1n) is 6.09. The van der Waals surface area contributed by atoms with E-state index in [1.807, 2.05) is 0 Å². The van der Waals surface area contributed by atoms with Crippen molar-refractivity contribution < 1.29 is 26.9 Å². The molecule has 7 heteroatoms. The van der Waals surface area contributed by atoms with Crippen LogP contribution in [0, 0.1) is 0 Å². The van der Waals surface area contributed by atoms with E-state index in [9.17, 15) is 8.42 Å². The molecular weight excluding hydrogens is 258 g/mol. The van der Waals surface area contributed by atoms with E-state index < -0.39 is 10.1 Å². The van der Waals surface area contributed by atoms with Crippen molar-refractivity contribution in [3.05, 3.63) is 0 Å². The Bertz CT molecular complexity index is 297. The molecule has 0 atom stereocenters. The Kier molecular flexibility index (Phi) is 8.71. The summed E-state index contributed by atoms with van der Waals surface area (Å²) in [6.07, 6.45) is 1.23. The largest absolute Gasteiger partial charge is 0.379 e. The molecule has 0 amide bonds. The van der Waals surface area contributed by atoms with E-state index in [2.05, 4.69) is 7.05 Å². The van der Waals surface area contributed by atoms with Gasteiger partial charge in [0.2, 0.25) is 0 Å². The molecule has 6 nitrogen and oxygen atoms in total. The number of hydrogen-bond acceptors (Lipinski definition) is 4. The van der Waals surface area contributed by atoms with Gasteiger partial charge >= 0.3 is 0 Å². The lowest BCUT2D eigenvalue weighted by Crippen LogP contribution is -2.49. The Labute approximate surface area is 110 Å². The molecule has 0 aliphatic heterocycles. The second-order valence-corrected chi connectivity index (χ2v) is 6.34. The van der Waals surface area contributed by atoms with Crippen LogP contribution in [0.1, 0.15) is 12.8 Å². The fourth-order valence-corrected chi connectivity index (χ4v) is 2.31. The van der Waals surface area contributed by atoms with E-state index in [-0.39, 0.29) is 5.75 Å². The second-order valence-electron chi connectivity index (χ2n) is 4.77. The molecule has 0 aromatic carbocycles. The molecule has 0 aliphatic carbocycles. The van der Waals surface area contributed by atoms with E-state index in [4.69, 9.17) is 14.0 Å². The van der Waals surface area contributed by atoms with Crippen molar-refractivity contribution in [2.24, 2.45) is 0 Å². The van der Waals surface area contributed by atoms with E-state index in [1.165, 1.54) is 0 Å². The zero-order valence-electron chi connectivity index (χ0n) is 11.6. The highest BCUT2D eigenvalue weighted by Gasteiger charge is 2.20. The summed E-state index contributed by atoms with van der Waals surface area (Å²) >= 11 is 0. The maximum atomic E-state index is 10.6. The van der Waals surface area contributed by atoms with Crippen LogP contribution < -0.4 is 0 Å². The van der Waals surface area contributed by atoms with Gasteiger partial charge < -0.3 is 14.0 Å². The number of rotatable bonds is 11. The fourth-order valence-electron chi connectivity index (χ4n) is 1.74.